The molecule has 7 heteroatoms. The summed E-state index contributed by atoms with van der Waals surface area (Å²) in [6, 6.07) is 10.7. The predicted molar refractivity (Wildman–Crippen MR) is 80.2 cm³/mol. The molecule has 0 atom stereocenters. The lowest BCUT2D eigenvalue weighted by Gasteiger charge is -2.04. The van der Waals surface area contributed by atoms with Crippen LogP contribution in [0.2, 0.25) is 5.02 Å². The number of hydrogen-bond acceptors (Lipinski definition) is 5. The van der Waals surface area contributed by atoms with Gasteiger partial charge in [-0.1, -0.05) is 11.6 Å². The lowest BCUT2D eigenvalue weighted by atomic mass is 10.4. The summed E-state index contributed by atoms with van der Waals surface area (Å²) in [5.74, 6) is 0. The van der Waals surface area contributed by atoms with Crippen molar-refractivity contribution in [2.24, 2.45) is 0 Å². The minimum absolute atomic E-state index is 0.00712. The Morgan fingerprint density at radius 3 is 2.57 bits per heavy atom. The molecule has 0 fully saturated rings. The van der Waals surface area contributed by atoms with Gasteiger partial charge in [0.25, 0.3) is 0 Å². The molecule has 0 amide bonds. The van der Waals surface area contributed by atoms with Crippen LogP contribution in [0.15, 0.2) is 64.8 Å². The molecule has 0 radical (unpaired) electrons. The molecular weight excluding hydrogens is 310 g/mol. The normalized spacial score (nSPS) is 11.7. The topological polar surface area (TPSA) is 82.8 Å². The van der Waals surface area contributed by atoms with Gasteiger partial charge in [0.1, 0.15) is 6.07 Å². The Balaban J connectivity index is 2.32. The summed E-state index contributed by atoms with van der Waals surface area (Å²) in [6.07, 6.45) is 4.24. The molecule has 0 aliphatic carbocycles. The van der Waals surface area contributed by atoms with Gasteiger partial charge in [0, 0.05) is 17.4 Å². The summed E-state index contributed by atoms with van der Waals surface area (Å²) in [7, 11) is -3.88. The van der Waals surface area contributed by atoms with Gasteiger partial charge in [0.2, 0.25) is 9.84 Å². The highest BCUT2D eigenvalue weighted by molar-refractivity contribution is 7.95. The predicted octanol–water partition coefficient (Wildman–Crippen LogP) is 2.99. The van der Waals surface area contributed by atoms with Crippen molar-refractivity contribution in [3.05, 3.63) is 64.9 Å². The maximum Gasteiger partial charge on any atom is 0.218 e. The minimum Gasteiger partial charge on any atom is -0.359 e. The van der Waals surface area contributed by atoms with E-state index in [1.165, 1.54) is 30.5 Å². The summed E-state index contributed by atoms with van der Waals surface area (Å²) < 4.78 is 24.6. The number of halogens is 1. The van der Waals surface area contributed by atoms with Gasteiger partial charge in [-0.25, -0.2) is 8.42 Å². The number of pyridine rings is 1. The molecule has 5 nitrogen and oxygen atoms in total. The molecule has 2 aromatic rings. The Bertz CT molecular complexity index is 794. The van der Waals surface area contributed by atoms with Crippen molar-refractivity contribution < 1.29 is 8.42 Å². The van der Waals surface area contributed by atoms with E-state index in [4.69, 9.17) is 16.9 Å². The summed E-state index contributed by atoms with van der Waals surface area (Å²) >= 11 is 5.72. The highest BCUT2D eigenvalue weighted by atomic mass is 35.5. The molecule has 0 spiro atoms. The van der Waals surface area contributed by atoms with E-state index >= 15 is 0 Å². The van der Waals surface area contributed by atoms with Crippen LogP contribution >= 0.6 is 11.6 Å². The zero-order valence-corrected chi connectivity index (χ0v) is 12.3. The third-order valence-corrected chi connectivity index (χ3v) is 4.49. The third-order valence-electron chi connectivity index (χ3n) is 2.56. The van der Waals surface area contributed by atoms with Crippen LogP contribution in [0.3, 0.4) is 0 Å². The molecule has 0 bridgehead atoms. The van der Waals surface area contributed by atoms with Crippen molar-refractivity contribution >= 4 is 27.1 Å². The molecule has 0 saturated heterocycles. The smallest absolute Gasteiger partial charge is 0.218 e. The van der Waals surface area contributed by atoms with Crippen LogP contribution in [0.25, 0.3) is 0 Å². The van der Waals surface area contributed by atoms with Crippen LogP contribution in [0.5, 0.6) is 0 Å². The van der Waals surface area contributed by atoms with Gasteiger partial charge in [-0.05, 0) is 36.4 Å². The van der Waals surface area contributed by atoms with Gasteiger partial charge in [-0.15, -0.1) is 0 Å². The lowest BCUT2D eigenvalue weighted by molar-refractivity contribution is 0.603. The largest absolute Gasteiger partial charge is 0.359 e. The van der Waals surface area contributed by atoms with Crippen molar-refractivity contribution in [2.45, 2.75) is 4.90 Å². The highest BCUT2D eigenvalue weighted by Gasteiger charge is 2.20. The van der Waals surface area contributed by atoms with Crippen LogP contribution in [-0.2, 0) is 9.84 Å². The molecule has 0 aliphatic heterocycles. The van der Waals surface area contributed by atoms with Gasteiger partial charge in [0.15, 0.2) is 4.91 Å². The van der Waals surface area contributed by atoms with Gasteiger partial charge >= 0.3 is 0 Å². The zero-order valence-electron chi connectivity index (χ0n) is 10.7. The van der Waals surface area contributed by atoms with E-state index in [9.17, 15) is 8.42 Å². The number of anilines is 1. The van der Waals surface area contributed by atoms with Gasteiger partial charge in [-0.3, -0.25) is 4.98 Å². The molecule has 21 heavy (non-hydrogen) atoms. The first-order chi connectivity index (χ1) is 10.0. The molecule has 0 unspecified atom stereocenters. The summed E-state index contributed by atoms with van der Waals surface area (Å²) in [6.45, 7) is 0. The van der Waals surface area contributed by atoms with Crippen LogP contribution in [-0.4, -0.2) is 13.4 Å². The van der Waals surface area contributed by atoms with Crippen molar-refractivity contribution in [3.8, 4) is 6.07 Å². The first-order valence-corrected chi connectivity index (χ1v) is 7.67. The fraction of sp³-hybridized carbons (Fsp3) is 0. The maximum atomic E-state index is 12.3. The van der Waals surface area contributed by atoms with E-state index in [-0.39, 0.29) is 4.90 Å². The number of nitrogens with one attached hydrogen (secondary N) is 1. The van der Waals surface area contributed by atoms with Crippen molar-refractivity contribution in [1.29, 1.82) is 5.26 Å². The Hall–Kier alpha value is -2.36. The molecular formula is C14H10ClN3O2S. The van der Waals surface area contributed by atoms with E-state index in [1.807, 2.05) is 0 Å². The number of aromatic nitrogens is 1. The van der Waals surface area contributed by atoms with Crippen LogP contribution in [0.4, 0.5) is 5.69 Å². The number of nitrogens with zero attached hydrogens (tertiary/aromatic N) is 2. The molecule has 0 saturated carbocycles. The third kappa shape index (κ3) is 3.60. The fourth-order valence-electron chi connectivity index (χ4n) is 1.51. The van der Waals surface area contributed by atoms with Crippen LogP contribution in [0, 0.1) is 11.3 Å². The minimum atomic E-state index is -3.88. The molecule has 106 valence electrons. The first kappa shape index (κ1) is 15.0. The second-order valence-corrected chi connectivity index (χ2v) is 6.32. The van der Waals surface area contributed by atoms with Crippen molar-refractivity contribution in [3.63, 3.8) is 0 Å². The van der Waals surface area contributed by atoms with E-state index in [1.54, 1.807) is 24.4 Å². The summed E-state index contributed by atoms with van der Waals surface area (Å²) in [5, 5.41) is 12.2. The average molecular weight is 320 g/mol. The number of rotatable bonds is 4. The fourth-order valence-corrected chi connectivity index (χ4v) is 2.72. The van der Waals surface area contributed by atoms with Crippen LogP contribution in [0.1, 0.15) is 0 Å². The molecule has 1 aromatic heterocycles. The molecule has 0 aliphatic rings. The Labute approximate surface area is 127 Å². The van der Waals surface area contributed by atoms with E-state index in [2.05, 4.69) is 10.3 Å². The lowest BCUT2D eigenvalue weighted by Crippen LogP contribution is -2.05. The van der Waals surface area contributed by atoms with Gasteiger partial charge < -0.3 is 5.32 Å². The van der Waals surface area contributed by atoms with Gasteiger partial charge in [-0.2, -0.15) is 5.26 Å². The van der Waals surface area contributed by atoms with E-state index in [0.29, 0.717) is 10.7 Å². The number of hydrogen-bond donors (Lipinski definition) is 1. The van der Waals surface area contributed by atoms with Crippen molar-refractivity contribution in [1.82, 2.24) is 4.98 Å². The van der Waals surface area contributed by atoms with Gasteiger partial charge in [0.05, 0.1) is 16.8 Å². The number of sulfone groups is 1. The number of allylic oxidation sites excluding steroid dienone is 1. The standard InChI is InChI=1S/C14H10ClN3O2S/c15-11-3-5-13(6-4-11)21(19,20)14(8-16)10-18-12-2-1-7-17-9-12/h1-7,9-10,18H/b14-10+. The second kappa shape index (κ2) is 6.39. The zero-order chi connectivity index (χ0) is 15.3. The molecule has 1 aromatic carbocycles. The Kier molecular flexibility index (Phi) is 4.58. The first-order valence-electron chi connectivity index (χ1n) is 5.81. The van der Waals surface area contributed by atoms with Crippen molar-refractivity contribution in [2.75, 3.05) is 5.32 Å². The highest BCUT2D eigenvalue weighted by Crippen LogP contribution is 2.21. The molecule has 1 heterocycles. The quantitative estimate of drug-likeness (QED) is 0.876. The average Bonchev–Trinajstić information content (AvgIpc) is 2.49. The van der Waals surface area contributed by atoms with Crippen LogP contribution < -0.4 is 5.32 Å². The maximum absolute atomic E-state index is 12.3. The van der Waals surface area contributed by atoms with E-state index in [0.717, 1.165) is 6.20 Å². The number of benzene rings is 1. The Morgan fingerprint density at radius 2 is 2.00 bits per heavy atom. The molecule has 1 N–H and O–H groups in total. The SMILES string of the molecule is N#C/C(=C\Nc1cccnc1)S(=O)(=O)c1ccc(Cl)cc1. The number of nitriles is 1. The second-order valence-electron chi connectivity index (χ2n) is 3.96. The molecule has 2 rings (SSSR count). The Morgan fingerprint density at radius 1 is 1.29 bits per heavy atom. The van der Waals surface area contributed by atoms with E-state index < -0.39 is 14.7 Å². The summed E-state index contributed by atoms with van der Waals surface area (Å²) in [4.78, 5) is 3.49. The summed E-state index contributed by atoms with van der Waals surface area (Å²) in [5.41, 5.74) is 0.580. The monoisotopic (exact) mass is 319 g/mol.